The first-order chi connectivity index (χ1) is 15.8. The van der Waals surface area contributed by atoms with E-state index in [1.165, 1.54) is 12.1 Å². The third kappa shape index (κ3) is 5.73. The SMILES string of the molecule is O=C(CN1N=C(c2nc(-c3ccccc3)no2)CCC1=O)Nc1cccc(OC(F)(F)F)c1. The summed E-state index contributed by atoms with van der Waals surface area (Å²) in [5.74, 6) is -1.06. The molecule has 2 aromatic carbocycles. The van der Waals surface area contributed by atoms with Gasteiger partial charge in [-0.2, -0.15) is 10.1 Å². The molecule has 4 rings (SSSR count). The summed E-state index contributed by atoms with van der Waals surface area (Å²) in [4.78, 5) is 28.9. The van der Waals surface area contributed by atoms with Gasteiger partial charge in [-0.25, -0.2) is 5.01 Å². The van der Waals surface area contributed by atoms with Crippen molar-refractivity contribution in [3.8, 4) is 17.1 Å². The predicted octanol–water partition coefficient (Wildman–Crippen LogP) is 3.60. The van der Waals surface area contributed by atoms with E-state index in [-0.39, 0.29) is 24.4 Å². The summed E-state index contributed by atoms with van der Waals surface area (Å²) >= 11 is 0. The number of carbonyl (C=O) groups excluding carboxylic acids is 2. The van der Waals surface area contributed by atoms with Gasteiger partial charge in [-0.15, -0.1) is 13.2 Å². The smallest absolute Gasteiger partial charge is 0.406 e. The lowest BCUT2D eigenvalue weighted by Gasteiger charge is -2.21. The summed E-state index contributed by atoms with van der Waals surface area (Å²) < 4.78 is 46.2. The van der Waals surface area contributed by atoms with E-state index in [0.29, 0.717) is 11.5 Å². The molecule has 12 heteroatoms. The third-order valence-electron chi connectivity index (χ3n) is 4.45. The molecule has 170 valence electrons. The zero-order valence-corrected chi connectivity index (χ0v) is 16.9. The van der Waals surface area contributed by atoms with Crippen LogP contribution in [0.3, 0.4) is 0 Å². The van der Waals surface area contributed by atoms with E-state index in [1.807, 2.05) is 30.3 Å². The number of amides is 2. The molecular formula is C21H16F3N5O4. The van der Waals surface area contributed by atoms with Gasteiger partial charge in [-0.1, -0.05) is 41.6 Å². The summed E-state index contributed by atoms with van der Waals surface area (Å²) in [6.45, 7) is -0.452. The van der Waals surface area contributed by atoms with E-state index in [0.717, 1.165) is 22.7 Å². The largest absolute Gasteiger partial charge is 0.573 e. The van der Waals surface area contributed by atoms with Crippen molar-refractivity contribution in [2.24, 2.45) is 5.10 Å². The maximum atomic E-state index is 12.4. The fraction of sp³-hybridized carbons (Fsp3) is 0.190. The van der Waals surface area contributed by atoms with Crippen LogP contribution in [0.1, 0.15) is 18.7 Å². The number of hydrogen-bond donors (Lipinski definition) is 1. The molecule has 0 unspecified atom stereocenters. The normalized spacial score (nSPS) is 14.1. The molecule has 0 fully saturated rings. The van der Waals surface area contributed by atoms with Gasteiger partial charge >= 0.3 is 6.36 Å². The summed E-state index contributed by atoms with van der Waals surface area (Å²) in [5, 5.41) is 11.4. The van der Waals surface area contributed by atoms with E-state index in [2.05, 4.69) is 25.3 Å². The standard InChI is InChI=1S/C21H16F3N5O4/c22-21(23,24)32-15-8-4-7-14(11-15)25-17(30)12-29-18(31)10-9-16(27-29)20-26-19(28-33-20)13-5-2-1-3-6-13/h1-8,11H,9-10,12H2,(H,25,30). The minimum atomic E-state index is -4.86. The van der Waals surface area contributed by atoms with Gasteiger partial charge in [0.25, 0.3) is 5.89 Å². The Morgan fingerprint density at radius 2 is 1.91 bits per heavy atom. The lowest BCUT2D eigenvalue weighted by atomic mass is 10.1. The number of anilines is 1. The molecule has 1 N–H and O–H groups in total. The Morgan fingerprint density at radius 3 is 2.67 bits per heavy atom. The molecule has 1 aliphatic rings. The number of halogens is 3. The second kappa shape index (κ2) is 9.10. The van der Waals surface area contributed by atoms with Gasteiger partial charge < -0.3 is 14.6 Å². The van der Waals surface area contributed by atoms with Gasteiger partial charge in [-0.3, -0.25) is 9.59 Å². The zero-order valence-electron chi connectivity index (χ0n) is 16.9. The lowest BCUT2D eigenvalue weighted by molar-refractivity contribution is -0.274. The van der Waals surface area contributed by atoms with Crippen molar-refractivity contribution in [3.05, 3.63) is 60.5 Å². The van der Waals surface area contributed by atoms with E-state index in [4.69, 9.17) is 4.52 Å². The van der Waals surface area contributed by atoms with Crippen LogP contribution in [0.15, 0.2) is 64.2 Å². The highest BCUT2D eigenvalue weighted by Gasteiger charge is 2.31. The number of ether oxygens (including phenoxy) is 1. The molecule has 3 aromatic rings. The molecular weight excluding hydrogens is 443 g/mol. The molecule has 0 bridgehead atoms. The van der Waals surface area contributed by atoms with Crippen molar-refractivity contribution < 1.29 is 32.0 Å². The summed E-state index contributed by atoms with van der Waals surface area (Å²) in [6, 6.07) is 13.9. The highest BCUT2D eigenvalue weighted by atomic mass is 19.4. The summed E-state index contributed by atoms with van der Waals surface area (Å²) in [5.41, 5.74) is 1.16. The predicted molar refractivity (Wildman–Crippen MR) is 109 cm³/mol. The molecule has 0 saturated carbocycles. The first-order valence-corrected chi connectivity index (χ1v) is 9.70. The van der Waals surface area contributed by atoms with Gasteiger partial charge in [0.05, 0.1) is 0 Å². The molecule has 0 aliphatic carbocycles. The van der Waals surface area contributed by atoms with Crippen molar-refractivity contribution in [1.82, 2.24) is 15.1 Å². The molecule has 0 radical (unpaired) electrons. The van der Waals surface area contributed by atoms with E-state index >= 15 is 0 Å². The number of carbonyl (C=O) groups is 2. The van der Waals surface area contributed by atoms with Crippen LogP contribution in [0.25, 0.3) is 11.4 Å². The van der Waals surface area contributed by atoms with Gasteiger partial charge in [0.15, 0.2) is 0 Å². The second-order valence-electron chi connectivity index (χ2n) is 6.91. The summed E-state index contributed by atoms with van der Waals surface area (Å²) in [7, 11) is 0. The van der Waals surface area contributed by atoms with Crippen LogP contribution in [0.4, 0.5) is 18.9 Å². The fourth-order valence-electron chi connectivity index (χ4n) is 3.03. The third-order valence-corrected chi connectivity index (χ3v) is 4.45. The van der Waals surface area contributed by atoms with Crippen molar-refractivity contribution in [3.63, 3.8) is 0 Å². The number of hydrazone groups is 1. The number of benzene rings is 2. The first-order valence-electron chi connectivity index (χ1n) is 9.70. The fourth-order valence-corrected chi connectivity index (χ4v) is 3.03. The molecule has 0 spiro atoms. The van der Waals surface area contributed by atoms with Crippen molar-refractivity contribution >= 4 is 23.2 Å². The maximum absolute atomic E-state index is 12.4. The van der Waals surface area contributed by atoms with Gasteiger partial charge in [0, 0.05) is 30.2 Å². The van der Waals surface area contributed by atoms with Crippen LogP contribution in [0.5, 0.6) is 5.75 Å². The highest BCUT2D eigenvalue weighted by Crippen LogP contribution is 2.25. The monoisotopic (exact) mass is 459 g/mol. The van der Waals surface area contributed by atoms with E-state index < -0.39 is 30.5 Å². The topological polar surface area (TPSA) is 110 Å². The molecule has 0 atom stereocenters. The zero-order chi connectivity index (χ0) is 23.4. The first kappa shape index (κ1) is 22.0. The van der Waals surface area contributed by atoms with Crippen LogP contribution in [-0.2, 0) is 9.59 Å². The summed E-state index contributed by atoms with van der Waals surface area (Å²) in [6.07, 6.45) is -4.53. The highest BCUT2D eigenvalue weighted by molar-refractivity contribution is 6.02. The molecule has 1 aliphatic heterocycles. The number of nitrogens with one attached hydrogen (secondary N) is 1. The van der Waals surface area contributed by atoms with Crippen LogP contribution in [0, 0.1) is 0 Å². The van der Waals surface area contributed by atoms with Gasteiger partial charge in [0.1, 0.15) is 18.0 Å². The molecule has 0 saturated heterocycles. The van der Waals surface area contributed by atoms with Crippen LogP contribution >= 0.6 is 0 Å². The average Bonchev–Trinajstić information content (AvgIpc) is 3.25. The molecule has 9 nitrogen and oxygen atoms in total. The second-order valence-corrected chi connectivity index (χ2v) is 6.91. The van der Waals surface area contributed by atoms with Crippen molar-refractivity contribution in [1.29, 1.82) is 0 Å². The van der Waals surface area contributed by atoms with E-state index in [1.54, 1.807) is 0 Å². The Bertz CT molecular complexity index is 1190. The maximum Gasteiger partial charge on any atom is 0.573 e. The number of nitrogens with zero attached hydrogens (tertiary/aromatic N) is 4. The number of aromatic nitrogens is 2. The molecule has 1 aromatic heterocycles. The Hall–Kier alpha value is -4.22. The Balaban J connectivity index is 1.44. The minimum absolute atomic E-state index is 0.0693. The number of hydrogen-bond acceptors (Lipinski definition) is 7. The molecule has 33 heavy (non-hydrogen) atoms. The number of rotatable bonds is 6. The Kier molecular flexibility index (Phi) is 6.07. The van der Waals surface area contributed by atoms with Crippen LogP contribution in [0.2, 0.25) is 0 Å². The van der Waals surface area contributed by atoms with Crippen LogP contribution < -0.4 is 10.1 Å². The van der Waals surface area contributed by atoms with Gasteiger partial charge in [0.2, 0.25) is 17.6 Å². The van der Waals surface area contributed by atoms with Gasteiger partial charge in [-0.05, 0) is 12.1 Å². The molecule has 2 amide bonds. The average molecular weight is 459 g/mol. The van der Waals surface area contributed by atoms with Crippen molar-refractivity contribution in [2.75, 3.05) is 11.9 Å². The van der Waals surface area contributed by atoms with E-state index in [9.17, 15) is 22.8 Å². The number of alkyl halides is 3. The van der Waals surface area contributed by atoms with Crippen LogP contribution in [-0.4, -0.2) is 45.6 Å². The lowest BCUT2D eigenvalue weighted by Crippen LogP contribution is -2.38. The Labute approximate surface area is 184 Å². The quantitative estimate of drug-likeness (QED) is 0.603. The van der Waals surface area contributed by atoms with Crippen molar-refractivity contribution in [2.45, 2.75) is 19.2 Å². The minimum Gasteiger partial charge on any atom is -0.406 e. The molecule has 2 heterocycles. The Morgan fingerprint density at radius 1 is 1.12 bits per heavy atom.